The number of benzene rings is 1. The van der Waals surface area contributed by atoms with Gasteiger partial charge in [-0.15, -0.1) is 0 Å². The van der Waals surface area contributed by atoms with Gasteiger partial charge in [0.1, 0.15) is 18.2 Å². The summed E-state index contributed by atoms with van der Waals surface area (Å²) >= 11 is 5.84. The molecule has 1 rings (SSSR count). The zero-order valence-corrected chi connectivity index (χ0v) is 8.06. The molecule has 0 unspecified atom stereocenters. The van der Waals surface area contributed by atoms with E-state index in [0.29, 0.717) is 10.8 Å². The van der Waals surface area contributed by atoms with E-state index >= 15 is 0 Å². The molecule has 1 aromatic rings. The van der Waals surface area contributed by atoms with Crippen molar-refractivity contribution in [2.45, 2.75) is 6.92 Å². The summed E-state index contributed by atoms with van der Waals surface area (Å²) in [6.07, 6.45) is 0. The number of aryl methyl sites for hydroxylation is 1. The Hall–Kier alpha value is -1.22. The van der Waals surface area contributed by atoms with Crippen molar-refractivity contribution in [2.75, 3.05) is 6.61 Å². The highest BCUT2D eigenvalue weighted by Crippen LogP contribution is 2.24. The van der Waals surface area contributed by atoms with E-state index in [0.717, 1.165) is 5.56 Å². The number of halogens is 1. The van der Waals surface area contributed by atoms with Crippen molar-refractivity contribution < 1.29 is 4.74 Å². The molecule has 4 heteroatoms. The van der Waals surface area contributed by atoms with Crippen LogP contribution in [0.3, 0.4) is 0 Å². The third-order valence-corrected chi connectivity index (χ3v) is 1.78. The van der Waals surface area contributed by atoms with Crippen molar-refractivity contribution in [3.63, 3.8) is 0 Å². The molecule has 0 amide bonds. The van der Waals surface area contributed by atoms with Gasteiger partial charge in [-0.1, -0.05) is 17.7 Å². The molecule has 0 heterocycles. The van der Waals surface area contributed by atoms with E-state index in [1.54, 1.807) is 6.07 Å². The van der Waals surface area contributed by atoms with Gasteiger partial charge < -0.3 is 10.5 Å². The molecule has 0 aliphatic heterocycles. The second kappa shape index (κ2) is 4.14. The number of nitrogens with two attached hydrogens (primary N) is 1. The van der Waals surface area contributed by atoms with Crippen LogP contribution in [0.4, 0.5) is 0 Å². The molecule has 0 aromatic heterocycles. The number of hydrogen-bond donors (Lipinski definition) is 2. The number of hydrogen-bond acceptors (Lipinski definition) is 2. The van der Waals surface area contributed by atoms with E-state index in [2.05, 4.69) is 0 Å². The van der Waals surface area contributed by atoms with E-state index in [4.69, 9.17) is 27.5 Å². The smallest absolute Gasteiger partial charge is 0.145 e. The van der Waals surface area contributed by atoms with Crippen molar-refractivity contribution in [3.8, 4) is 5.75 Å². The summed E-state index contributed by atoms with van der Waals surface area (Å²) in [6, 6.07) is 5.46. The minimum atomic E-state index is -0.0161. The standard InChI is InChI=1S/C9H11ClN2O/c1-6-2-3-7(10)8(4-6)13-5-9(11)12/h2-4H,5H2,1H3,(H3,11,12). The molecule has 0 bridgehead atoms. The summed E-state index contributed by atoms with van der Waals surface area (Å²) in [4.78, 5) is 0. The van der Waals surface area contributed by atoms with Crippen LogP contribution in [0.15, 0.2) is 18.2 Å². The van der Waals surface area contributed by atoms with Crippen molar-refractivity contribution in [1.82, 2.24) is 0 Å². The van der Waals surface area contributed by atoms with Gasteiger partial charge in [0.2, 0.25) is 0 Å². The Kier molecular flexibility index (Phi) is 3.14. The SMILES string of the molecule is Cc1ccc(Cl)c(OCC(=N)N)c1. The summed E-state index contributed by atoms with van der Waals surface area (Å²) in [5.41, 5.74) is 6.20. The fourth-order valence-corrected chi connectivity index (χ4v) is 1.05. The molecule has 0 aliphatic carbocycles. The van der Waals surface area contributed by atoms with E-state index in [-0.39, 0.29) is 12.4 Å². The van der Waals surface area contributed by atoms with Crippen LogP contribution in [0.5, 0.6) is 5.75 Å². The third kappa shape index (κ3) is 2.95. The molecule has 0 atom stereocenters. The molecule has 13 heavy (non-hydrogen) atoms. The van der Waals surface area contributed by atoms with Gasteiger partial charge in [-0.05, 0) is 24.6 Å². The van der Waals surface area contributed by atoms with Crippen LogP contribution < -0.4 is 10.5 Å². The molecule has 0 radical (unpaired) electrons. The fourth-order valence-electron chi connectivity index (χ4n) is 0.877. The minimum absolute atomic E-state index is 0.0161. The van der Waals surface area contributed by atoms with Gasteiger partial charge in [-0.3, -0.25) is 5.41 Å². The summed E-state index contributed by atoms with van der Waals surface area (Å²) in [5.74, 6) is 0.550. The Balaban J connectivity index is 2.75. The molecular formula is C9H11ClN2O. The monoisotopic (exact) mass is 198 g/mol. The predicted octanol–water partition coefficient (Wildman–Crippen LogP) is 1.96. The molecule has 0 aliphatic rings. The first kappa shape index (κ1) is 9.86. The highest BCUT2D eigenvalue weighted by Gasteiger charge is 2.01. The van der Waals surface area contributed by atoms with Crippen LogP contribution in [0.25, 0.3) is 0 Å². The Morgan fingerprint density at radius 3 is 2.92 bits per heavy atom. The van der Waals surface area contributed by atoms with E-state index < -0.39 is 0 Å². The predicted molar refractivity (Wildman–Crippen MR) is 53.6 cm³/mol. The lowest BCUT2D eigenvalue weighted by Gasteiger charge is -2.07. The molecule has 1 aromatic carbocycles. The van der Waals surface area contributed by atoms with Crippen LogP contribution in [-0.4, -0.2) is 12.4 Å². The Bertz CT molecular complexity index is 325. The molecular weight excluding hydrogens is 188 g/mol. The number of ether oxygens (including phenoxy) is 1. The van der Waals surface area contributed by atoms with E-state index in [1.807, 2.05) is 19.1 Å². The highest BCUT2D eigenvalue weighted by molar-refractivity contribution is 6.32. The lowest BCUT2D eigenvalue weighted by Crippen LogP contribution is -2.19. The van der Waals surface area contributed by atoms with Crippen molar-refractivity contribution in [1.29, 1.82) is 5.41 Å². The van der Waals surface area contributed by atoms with Gasteiger partial charge in [0, 0.05) is 0 Å². The summed E-state index contributed by atoms with van der Waals surface area (Å²) in [7, 11) is 0. The molecule has 0 fully saturated rings. The number of nitrogens with one attached hydrogen (secondary N) is 1. The largest absolute Gasteiger partial charge is 0.484 e. The van der Waals surface area contributed by atoms with Gasteiger partial charge in [-0.25, -0.2) is 0 Å². The average molecular weight is 199 g/mol. The molecule has 3 N–H and O–H groups in total. The Morgan fingerprint density at radius 2 is 2.31 bits per heavy atom. The second-order valence-electron chi connectivity index (χ2n) is 2.75. The first-order valence-corrected chi connectivity index (χ1v) is 4.19. The van der Waals surface area contributed by atoms with Gasteiger partial charge in [0.05, 0.1) is 5.02 Å². The second-order valence-corrected chi connectivity index (χ2v) is 3.15. The van der Waals surface area contributed by atoms with Gasteiger partial charge in [-0.2, -0.15) is 0 Å². The lowest BCUT2D eigenvalue weighted by atomic mass is 10.2. The topological polar surface area (TPSA) is 59.1 Å². The maximum Gasteiger partial charge on any atom is 0.145 e. The Morgan fingerprint density at radius 1 is 1.62 bits per heavy atom. The van der Waals surface area contributed by atoms with Crippen LogP contribution in [0, 0.1) is 12.3 Å². The van der Waals surface area contributed by atoms with E-state index in [9.17, 15) is 0 Å². The average Bonchev–Trinajstić information content (AvgIpc) is 2.06. The van der Waals surface area contributed by atoms with Gasteiger partial charge in [0.25, 0.3) is 0 Å². The quantitative estimate of drug-likeness (QED) is 0.576. The van der Waals surface area contributed by atoms with Crippen molar-refractivity contribution in [3.05, 3.63) is 28.8 Å². The van der Waals surface area contributed by atoms with Crippen molar-refractivity contribution in [2.24, 2.45) is 5.73 Å². The van der Waals surface area contributed by atoms with E-state index in [1.165, 1.54) is 0 Å². The summed E-state index contributed by atoms with van der Waals surface area (Å²) in [6.45, 7) is 2.01. The Labute approximate surface area is 82.0 Å². The number of amidine groups is 1. The molecule has 70 valence electrons. The molecule has 0 spiro atoms. The maximum atomic E-state index is 6.98. The van der Waals surface area contributed by atoms with Gasteiger partial charge in [0.15, 0.2) is 0 Å². The molecule has 0 saturated heterocycles. The third-order valence-electron chi connectivity index (χ3n) is 1.47. The van der Waals surface area contributed by atoms with Crippen LogP contribution in [-0.2, 0) is 0 Å². The van der Waals surface area contributed by atoms with Gasteiger partial charge >= 0.3 is 0 Å². The molecule has 3 nitrogen and oxygen atoms in total. The zero-order valence-electron chi connectivity index (χ0n) is 7.30. The van der Waals surface area contributed by atoms with Crippen LogP contribution in [0.2, 0.25) is 5.02 Å². The number of rotatable bonds is 3. The molecule has 0 saturated carbocycles. The van der Waals surface area contributed by atoms with Crippen molar-refractivity contribution >= 4 is 17.4 Å². The minimum Gasteiger partial charge on any atom is -0.484 e. The summed E-state index contributed by atoms with van der Waals surface area (Å²) < 4.78 is 5.20. The van der Waals surface area contributed by atoms with Crippen LogP contribution in [0.1, 0.15) is 5.56 Å². The first-order chi connectivity index (χ1) is 6.09. The highest BCUT2D eigenvalue weighted by atomic mass is 35.5. The summed E-state index contributed by atoms with van der Waals surface area (Å²) in [5, 5.41) is 7.51. The zero-order chi connectivity index (χ0) is 9.84. The van der Waals surface area contributed by atoms with Crippen LogP contribution >= 0.6 is 11.6 Å². The maximum absolute atomic E-state index is 6.98. The first-order valence-electron chi connectivity index (χ1n) is 3.81. The normalized spacial score (nSPS) is 9.69. The lowest BCUT2D eigenvalue weighted by molar-refractivity contribution is 0.374. The fraction of sp³-hybridized carbons (Fsp3) is 0.222.